The molecule has 0 aliphatic carbocycles. The number of carbonyl (C=O) groups is 1. The molecule has 6 nitrogen and oxygen atoms in total. The molecule has 1 atom stereocenters. The van der Waals surface area contributed by atoms with Crippen molar-refractivity contribution in [2.75, 3.05) is 6.61 Å². The van der Waals surface area contributed by atoms with Gasteiger partial charge in [-0.05, 0) is 12.8 Å². The van der Waals surface area contributed by atoms with Gasteiger partial charge in [0.15, 0.2) is 0 Å². The van der Waals surface area contributed by atoms with Crippen LogP contribution in [0.5, 0.6) is 0 Å². The Labute approximate surface area is 92.9 Å². The van der Waals surface area contributed by atoms with Crippen molar-refractivity contribution < 1.29 is 15.0 Å². The number of carboxylic acid groups (broad SMARTS) is 1. The molecule has 88 valence electrons. The predicted octanol–water partition coefficient (Wildman–Crippen LogP) is -0.150. The minimum Gasteiger partial charge on any atom is -0.481 e. The fourth-order valence-electron chi connectivity index (χ4n) is 2.01. The smallest absolute Gasteiger partial charge is 0.308 e. The van der Waals surface area contributed by atoms with Crippen LogP contribution in [0, 0.1) is 5.92 Å². The fraction of sp³-hybridized carbons (Fsp3) is 0.700. The summed E-state index contributed by atoms with van der Waals surface area (Å²) in [5.74, 6) is 0.560. The van der Waals surface area contributed by atoms with Gasteiger partial charge >= 0.3 is 5.97 Å². The molecule has 2 N–H and O–H groups in total. The van der Waals surface area contributed by atoms with Crippen LogP contribution >= 0.6 is 0 Å². The number of nitrogens with zero attached hydrogens (tertiary/aromatic N) is 3. The van der Waals surface area contributed by atoms with Crippen LogP contribution in [0.3, 0.4) is 0 Å². The number of aromatic nitrogens is 3. The molecule has 0 amide bonds. The van der Waals surface area contributed by atoms with Gasteiger partial charge in [-0.1, -0.05) is 0 Å². The van der Waals surface area contributed by atoms with E-state index in [1.807, 2.05) is 4.57 Å². The summed E-state index contributed by atoms with van der Waals surface area (Å²) < 4.78 is 1.89. The van der Waals surface area contributed by atoms with Gasteiger partial charge < -0.3 is 14.8 Å². The van der Waals surface area contributed by atoms with E-state index in [-0.39, 0.29) is 12.5 Å². The SMILES string of the molecule is O=C(O)C1CCc2nnc(CCCO)n2C1. The minimum atomic E-state index is -0.757. The lowest BCUT2D eigenvalue weighted by atomic mass is 9.99. The van der Waals surface area contributed by atoms with E-state index in [4.69, 9.17) is 10.2 Å². The number of carboxylic acids is 1. The van der Waals surface area contributed by atoms with Crippen LogP contribution in [0.25, 0.3) is 0 Å². The molecule has 6 heteroatoms. The van der Waals surface area contributed by atoms with E-state index in [0.717, 1.165) is 11.6 Å². The zero-order chi connectivity index (χ0) is 11.5. The van der Waals surface area contributed by atoms with Crippen molar-refractivity contribution in [3.63, 3.8) is 0 Å². The number of hydrogen-bond acceptors (Lipinski definition) is 4. The number of aryl methyl sites for hydroxylation is 2. The predicted molar refractivity (Wildman–Crippen MR) is 54.9 cm³/mol. The standard InChI is InChI=1S/C10H15N3O3/c14-5-1-2-8-11-12-9-4-3-7(10(15)16)6-13(8)9/h7,14H,1-6H2,(H,15,16). The van der Waals surface area contributed by atoms with Crippen molar-refractivity contribution in [1.29, 1.82) is 0 Å². The fourth-order valence-corrected chi connectivity index (χ4v) is 2.01. The summed E-state index contributed by atoms with van der Waals surface area (Å²) in [6.07, 6.45) is 2.59. The van der Waals surface area contributed by atoms with Crippen LogP contribution in [0.4, 0.5) is 0 Å². The van der Waals surface area contributed by atoms with Gasteiger partial charge in [0, 0.05) is 26.0 Å². The average molecular weight is 225 g/mol. The Bertz CT molecular complexity index is 389. The monoisotopic (exact) mass is 225 g/mol. The van der Waals surface area contributed by atoms with E-state index in [0.29, 0.717) is 32.2 Å². The summed E-state index contributed by atoms with van der Waals surface area (Å²) >= 11 is 0. The van der Waals surface area contributed by atoms with Crippen molar-refractivity contribution in [3.05, 3.63) is 11.6 Å². The molecule has 0 radical (unpaired) electrons. The van der Waals surface area contributed by atoms with E-state index in [2.05, 4.69) is 10.2 Å². The van der Waals surface area contributed by atoms with Gasteiger partial charge in [0.2, 0.25) is 0 Å². The van der Waals surface area contributed by atoms with Crippen molar-refractivity contribution in [2.24, 2.45) is 5.92 Å². The van der Waals surface area contributed by atoms with Gasteiger partial charge in [-0.25, -0.2) is 0 Å². The Balaban J connectivity index is 2.14. The van der Waals surface area contributed by atoms with E-state index >= 15 is 0 Å². The van der Waals surface area contributed by atoms with Gasteiger partial charge in [-0.15, -0.1) is 10.2 Å². The highest BCUT2D eigenvalue weighted by Crippen LogP contribution is 2.20. The first-order valence-corrected chi connectivity index (χ1v) is 5.47. The second kappa shape index (κ2) is 4.61. The summed E-state index contributed by atoms with van der Waals surface area (Å²) in [5.41, 5.74) is 0. The molecule has 0 saturated heterocycles. The van der Waals surface area contributed by atoms with Gasteiger partial charge in [0.1, 0.15) is 11.6 Å². The molecule has 2 heterocycles. The maximum absolute atomic E-state index is 10.9. The van der Waals surface area contributed by atoms with Gasteiger partial charge in [-0.2, -0.15) is 0 Å². The lowest BCUT2D eigenvalue weighted by Crippen LogP contribution is -2.27. The molecule has 1 aliphatic rings. The van der Waals surface area contributed by atoms with E-state index in [9.17, 15) is 4.79 Å². The van der Waals surface area contributed by atoms with Gasteiger partial charge in [-0.3, -0.25) is 4.79 Å². The summed E-state index contributed by atoms with van der Waals surface area (Å²) in [6.45, 7) is 0.572. The highest BCUT2D eigenvalue weighted by Gasteiger charge is 2.26. The highest BCUT2D eigenvalue weighted by molar-refractivity contribution is 5.70. The van der Waals surface area contributed by atoms with Crippen LogP contribution < -0.4 is 0 Å². The third-order valence-corrected chi connectivity index (χ3v) is 2.93. The minimum absolute atomic E-state index is 0.116. The maximum atomic E-state index is 10.9. The Kier molecular flexibility index (Phi) is 3.19. The normalized spacial score (nSPS) is 19.4. The maximum Gasteiger partial charge on any atom is 0.308 e. The first-order chi connectivity index (χ1) is 7.72. The molecular weight excluding hydrogens is 210 g/mol. The number of aliphatic hydroxyl groups is 1. The molecule has 0 aromatic carbocycles. The molecule has 0 fully saturated rings. The first kappa shape index (κ1) is 11.1. The van der Waals surface area contributed by atoms with Crippen LogP contribution in [-0.2, 0) is 24.2 Å². The third kappa shape index (κ3) is 2.06. The van der Waals surface area contributed by atoms with Crippen molar-refractivity contribution in [2.45, 2.75) is 32.2 Å². The van der Waals surface area contributed by atoms with E-state index in [1.165, 1.54) is 0 Å². The number of rotatable bonds is 4. The molecule has 0 spiro atoms. The lowest BCUT2D eigenvalue weighted by Gasteiger charge is -2.20. The summed E-state index contributed by atoms with van der Waals surface area (Å²) in [5, 5.41) is 25.8. The largest absolute Gasteiger partial charge is 0.481 e. The number of aliphatic hydroxyl groups excluding tert-OH is 1. The first-order valence-electron chi connectivity index (χ1n) is 5.47. The average Bonchev–Trinajstić information content (AvgIpc) is 2.68. The summed E-state index contributed by atoms with van der Waals surface area (Å²) in [4.78, 5) is 10.9. The number of hydrogen-bond donors (Lipinski definition) is 2. The molecular formula is C10H15N3O3. The Morgan fingerprint density at radius 1 is 1.50 bits per heavy atom. The Morgan fingerprint density at radius 2 is 2.31 bits per heavy atom. The van der Waals surface area contributed by atoms with Crippen LogP contribution in [0.1, 0.15) is 24.5 Å². The van der Waals surface area contributed by atoms with Crippen LogP contribution in [-0.4, -0.2) is 37.6 Å². The molecule has 0 saturated carbocycles. The highest BCUT2D eigenvalue weighted by atomic mass is 16.4. The topological polar surface area (TPSA) is 88.2 Å². The van der Waals surface area contributed by atoms with Crippen LogP contribution in [0.15, 0.2) is 0 Å². The number of aliphatic carboxylic acids is 1. The van der Waals surface area contributed by atoms with Crippen molar-refractivity contribution in [1.82, 2.24) is 14.8 Å². The molecule has 1 aliphatic heterocycles. The zero-order valence-electron chi connectivity index (χ0n) is 8.96. The second-order valence-corrected chi connectivity index (χ2v) is 4.04. The molecule has 0 bridgehead atoms. The van der Waals surface area contributed by atoms with Gasteiger partial charge in [0.05, 0.1) is 5.92 Å². The molecule has 16 heavy (non-hydrogen) atoms. The lowest BCUT2D eigenvalue weighted by molar-refractivity contribution is -0.142. The third-order valence-electron chi connectivity index (χ3n) is 2.93. The number of fused-ring (bicyclic) bond motifs is 1. The van der Waals surface area contributed by atoms with Gasteiger partial charge in [0.25, 0.3) is 0 Å². The molecule has 2 rings (SSSR count). The molecule has 1 aromatic rings. The van der Waals surface area contributed by atoms with E-state index < -0.39 is 5.97 Å². The quantitative estimate of drug-likeness (QED) is 0.744. The summed E-state index contributed by atoms with van der Waals surface area (Å²) in [7, 11) is 0. The molecule has 1 unspecified atom stereocenters. The van der Waals surface area contributed by atoms with Crippen molar-refractivity contribution in [3.8, 4) is 0 Å². The second-order valence-electron chi connectivity index (χ2n) is 4.04. The molecule has 1 aromatic heterocycles. The van der Waals surface area contributed by atoms with Crippen LogP contribution in [0.2, 0.25) is 0 Å². The Hall–Kier alpha value is -1.43. The van der Waals surface area contributed by atoms with Crippen molar-refractivity contribution >= 4 is 5.97 Å². The zero-order valence-corrected chi connectivity index (χ0v) is 8.96. The van der Waals surface area contributed by atoms with E-state index in [1.54, 1.807) is 0 Å². The summed E-state index contributed by atoms with van der Waals surface area (Å²) in [6, 6.07) is 0. The Morgan fingerprint density at radius 3 is 3.00 bits per heavy atom.